The number of hydrogen-bond acceptors (Lipinski definition) is 2. The molecule has 0 bridgehead atoms. The summed E-state index contributed by atoms with van der Waals surface area (Å²) in [5.41, 5.74) is 22.6. The third-order valence-electron chi connectivity index (χ3n) is 15.6. The van der Waals surface area contributed by atoms with E-state index in [1.54, 1.807) is 0 Å². The number of benzene rings is 11. The van der Waals surface area contributed by atoms with Crippen molar-refractivity contribution in [3.63, 3.8) is 0 Å². The Labute approximate surface area is 429 Å². The SMILES string of the molecule is [2H]c1c([2H])c([2H])c(-c2ccccc2-c2ccc(N(c3ccc4c(c3)C(C)(C)c3ccccc3-4)c3ccc4c(c3)C3(c5ccccc5-c5ccc(N(c6ccccc6)c6ccccc6)cc53)c3ccccc3-4)cc2)c([2H])c1[2H]. The second-order valence-corrected chi connectivity index (χ2v) is 19.6. The molecule has 72 heavy (non-hydrogen) atoms. The highest BCUT2D eigenvalue weighted by Gasteiger charge is 2.52. The van der Waals surface area contributed by atoms with Gasteiger partial charge in [0, 0.05) is 39.5 Å². The molecule has 0 radical (unpaired) electrons. The fraction of sp³-hybridized carbons (Fsp3) is 0.0571. The van der Waals surface area contributed by atoms with Gasteiger partial charge < -0.3 is 9.80 Å². The first-order valence-corrected chi connectivity index (χ1v) is 24.8. The summed E-state index contributed by atoms with van der Waals surface area (Å²) in [6, 6.07) is 83.4. The van der Waals surface area contributed by atoms with Gasteiger partial charge in [0.1, 0.15) is 0 Å². The summed E-state index contributed by atoms with van der Waals surface area (Å²) < 4.78 is 43.1. The Hall–Kier alpha value is -8.98. The molecule has 0 aliphatic heterocycles. The van der Waals surface area contributed by atoms with Crippen molar-refractivity contribution in [2.45, 2.75) is 24.7 Å². The first-order chi connectivity index (χ1) is 37.5. The molecular formula is C70H50N2. The second-order valence-electron chi connectivity index (χ2n) is 19.6. The average Bonchev–Trinajstić information content (AvgIpc) is 3.92. The van der Waals surface area contributed by atoms with Crippen molar-refractivity contribution in [1.29, 1.82) is 0 Å². The van der Waals surface area contributed by atoms with E-state index in [1.807, 2.05) is 24.3 Å². The lowest BCUT2D eigenvalue weighted by molar-refractivity contribution is 0.660. The molecule has 2 heteroatoms. The summed E-state index contributed by atoms with van der Waals surface area (Å²) in [5.74, 6) is 0. The van der Waals surface area contributed by atoms with Gasteiger partial charge in [-0.25, -0.2) is 0 Å². The lowest BCUT2D eigenvalue weighted by atomic mass is 9.70. The summed E-state index contributed by atoms with van der Waals surface area (Å²) in [6.07, 6.45) is 0. The van der Waals surface area contributed by atoms with E-state index >= 15 is 0 Å². The molecule has 3 aliphatic carbocycles. The van der Waals surface area contributed by atoms with Gasteiger partial charge in [-0.1, -0.05) is 208 Å². The fourth-order valence-electron chi connectivity index (χ4n) is 12.4. The van der Waals surface area contributed by atoms with Crippen molar-refractivity contribution in [2.24, 2.45) is 0 Å². The van der Waals surface area contributed by atoms with Crippen LogP contribution in [0.3, 0.4) is 0 Å². The van der Waals surface area contributed by atoms with Crippen molar-refractivity contribution < 1.29 is 6.85 Å². The van der Waals surface area contributed by atoms with E-state index in [9.17, 15) is 0 Å². The predicted octanol–water partition coefficient (Wildman–Crippen LogP) is 18.6. The Morgan fingerprint density at radius 2 is 0.625 bits per heavy atom. The van der Waals surface area contributed by atoms with Gasteiger partial charge >= 0.3 is 0 Å². The van der Waals surface area contributed by atoms with E-state index < -0.39 is 11.5 Å². The van der Waals surface area contributed by atoms with Crippen LogP contribution in [0.4, 0.5) is 34.1 Å². The molecule has 1 spiro atoms. The second kappa shape index (κ2) is 16.3. The van der Waals surface area contributed by atoms with E-state index in [-0.39, 0.29) is 35.1 Å². The third kappa shape index (κ3) is 6.22. The van der Waals surface area contributed by atoms with Crippen molar-refractivity contribution in [1.82, 2.24) is 0 Å². The van der Waals surface area contributed by atoms with Gasteiger partial charge in [0.2, 0.25) is 0 Å². The van der Waals surface area contributed by atoms with E-state index in [0.717, 1.165) is 45.3 Å². The van der Waals surface area contributed by atoms with Crippen LogP contribution in [0.25, 0.3) is 55.6 Å². The first-order valence-electron chi connectivity index (χ1n) is 27.3. The van der Waals surface area contributed by atoms with Crippen LogP contribution in [0.5, 0.6) is 0 Å². The number of rotatable bonds is 8. The van der Waals surface area contributed by atoms with Crippen molar-refractivity contribution >= 4 is 34.1 Å². The molecule has 2 nitrogen and oxygen atoms in total. The maximum Gasteiger partial charge on any atom is 0.0727 e. The number of anilines is 6. The Morgan fingerprint density at radius 3 is 1.14 bits per heavy atom. The number of fused-ring (bicyclic) bond motifs is 13. The van der Waals surface area contributed by atoms with Crippen molar-refractivity contribution in [3.05, 3.63) is 300 Å². The maximum absolute atomic E-state index is 8.89. The molecule has 1 unspecified atom stereocenters. The van der Waals surface area contributed by atoms with E-state index in [2.05, 4.69) is 236 Å². The zero-order valence-electron chi connectivity index (χ0n) is 44.9. The van der Waals surface area contributed by atoms with Crippen molar-refractivity contribution in [3.8, 4) is 55.6 Å². The third-order valence-corrected chi connectivity index (χ3v) is 15.6. The first kappa shape index (κ1) is 36.9. The quantitative estimate of drug-likeness (QED) is 0.150. The Morgan fingerprint density at radius 1 is 0.278 bits per heavy atom. The van der Waals surface area contributed by atoms with Crippen LogP contribution in [-0.4, -0.2) is 0 Å². The van der Waals surface area contributed by atoms with E-state index in [1.165, 1.54) is 66.8 Å². The van der Waals surface area contributed by atoms with Crippen LogP contribution in [0.2, 0.25) is 0 Å². The van der Waals surface area contributed by atoms with Gasteiger partial charge in [-0.15, -0.1) is 0 Å². The summed E-state index contributed by atoms with van der Waals surface area (Å²) in [6.45, 7) is 4.65. The summed E-state index contributed by atoms with van der Waals surface area (Å²) in [7, 11) is 0. The summed E-state index contributed by atoms with van der Waals surface area (Å²) >= 11 is 0. The largest absolute Gasteiger partial charge is 0.310 e. The van der Waals surface area contributed by atoms with Crippen LogP contribution >= 0.6 is 0 Å². The van der Waals surface area contributed by atoms with E-state index in [0.29, 0.717) is 5.56 Å². The number of hydrogen-bond donors (Lipinski definition) is 0. The molecule has 0 N–H and O–H groups in total. The zero-order chi connectivity index (χ0) is 52.3. The van der Waals surface area contributed by atoms with Gasteiger partial charge in [0.25, 0.3) is 0 Å². The molecule has 0 amide bonds. The van der Waals surface area contributed by atoms with Crippen LogP contribution < -0.4 is 9.80 Å². The topological polar surface area (TPSA) is 6.48 Å². The molecular weight excluding hydrogens is 869 g/mol. The fourth-order valence-corrected chi connectivity index (χ4v) is 12.4. The van der Waals surface area contributed by atoms with Gasteiger partial charge in [0.05, 0.1) is 12.3 Å². The lowest BCUT2D eigenvalue weighted by Gasteiger charge is -2.33. The maximum atomic E-state index is 8.89. The minimum absolute atomic E-state index is 0.183. The van der Waals surface area contributed by atoms with Crippen molar-refractivity contribution in [2.75, 3.05) is 9.80 Å². The van der Waals surface area contributed by atoms with Crippen LogP contribution in [0.1, 0.15) is 54.1 Å². The van der Waals surface area contributed by atoms with Gasteiger partial charge in [-0.2, -0.15) is 0 Å². The molecule has 0 aromatic heterocycles. The minimum Gasteiger partial charge on any atom is -0.310 e. The monoisotopic (exact) mass is 923 g/mol. The molecule has 3 aliphatic rings. The minimum atomic E-state index is -0.660. The highest BCUT2D eigenvalue weighted by molar-refractivity contribution is 5.98. The molecule has 0 saturated heterocycles. The normalized spacial score (nSPS) is 15.9. The van der Waals surface area contributed by atoms with Gasteiger partial charge in [0.15, 0.2) is 0 Å². The Kier molecular flexibility index (Phi) is 8.36. The Bertz CT molecular complexity index is 4130. The Balaban J connectivity index is 0.980. The molecule has 1 atom stereocenters. The smallest absolute Gasteiger partial charge is 0.0727 e. The van der Waals surface area contributed by atoms with Crippen LogP contribution in [0.15, 0.2) is 267 Å². The number of nitrogens with zero attached hydrogens (tertiary/aromatic N) is 2. The van der Waals surface area contributed by atoms with E-state index in [4.69, 9.17) is 6.85 Å². The average molecular weight is 924 g/mol. The lowest BCUT2D eigenvalue weighted by Crippen LogP contribution is -2.26. The molecule has 0 fully saturated rings. The standard InChI is InChI=1S/C70H50N2/c1-69(2)63-31-17-14-28-57(63)60-41-38-52(44-66(60)69)72(51-36-34-48(35-37-51)56-27-13-12-26-55(56)47-20-6-3-7-21-47)54-40-43-62-59-30-16-19-33-65(59)70(68(62)46-54)64-32-18-15-29-58(64)61-42-39-53(45-67(61)70)71(49-22-8-4-9-23-49)50-24-10-5-11-25-50/h3-46H,1-2H3/i3D,6D,7D,20D,21D. The molecule has 14 rings (SSSR count). The summed E-state index contributed by atoms with van der Waals surface area (Å²) in [5, 5.41) is 0. The van der Waals surface area contributed by atoms with Gasteiger partial charge in [-0.3, -0.25) is 0 Å². The summed E-state index contributed by atoms with van der Waals surface area (Å²) in [4.78, 5) is 4.74. The molecule has 0 heterocycles. The molecule has 11 aromatic carbocycles. The molecule has 11 aromatic rings. The van der Waals surface area contributed by atoms with Crippen LogP contribution in [-0.2, 0) is 10.8 Å². The highest BCUT2D eigenvalue weighted by atomic mass is 15.1. The number of para-hydroxylation sites is 2. The molecule has 0 saturated carbocycles. The predicted molar refractivity (Wildman–Crippen MR) is 301 cm³/mol. The molecule has 340 valence electrons. The van der Waals surface area contributed by atoms with Crippen LogP contribution in [0, 0.1) is 0 Å². The van der Waals surface area contributed by atoms with Gasteiger partial charge in [-0.05, 0) is 162 Å². The zero-order valence-corrected chi connectivity index (χ0v) is 39.9. The highest BCUT2D eigenvalue weighted by Crippen LogP contribution is 2.64.